The third-order valence-electron chi connectivity index (χ3n) is 4.49. The van der Waals surface area contributed by atoms with Gasteiger partial charge in [-0.05, 0) is 49.7 Å². The molecule has 0 aromatic carbocycles. The van der Waals surface area contributed by atoms with E-state index in [1.54, 1.807) is 0 Å². The molecule has 1 aromatic heterocycles. The number of aromatic nitrogens is 1. The average Bonchev–Trinajstić information content (AvgIpc) is 2.46. The Bertz CT molecular complexity index is 333. The van der Waals surface area contributed by atoms with Crippen LogP contribution >= 0.6 is 0 Å². The molecule has 1 aromatic rings. The molecule has 1 saturated carbocycles. The largest absolute Gasteiger partial charge is 0.261 e. The number of rotatable bonds is 5. The maximum absolute atomic E-state index is 4.66. The van der Waals surface area contributed by atoms with Crippen LogP contribution in [0.3, 0.4) is 0 Å². The van der Waals surface area contributed by atoms with Gasteiger partial charge in [0, 0.05) is 17.8 Å². The van der Waals surface area contributed by atoms with E-state index in [1.807, 2.05) is 0 Å². The van der Waals surface area contributed by atoms with Crippen molar-refractivity contribution in [3.05, 3.63) is 29.6 Å². The minimum Gasteiger partial charge on any atom is -0.261 e. The Morgan fingerprint density at radius 3 is 2.44 bits per heavy atom. The molecule has 0 bridgehead atoms. The van der Waals surface area contributed by atoms with Crippen molar-refractivity contribution < 1.29 is 0 Å². The zero-order valence-corrected chi connectivity index (χ0v) is 12.0. The standard InChI is InChI=1S/C17H27N/c1-3-5-6-15-7-10-16(11-8-15)17-12-9-14(4-2)13-18-17/h9,12-13,15-16H,3-8,10-11H2,1-2H3. The summed E-state index contributed by atoms with van der Waals surface area (Å²) in [6.45, 7) is 4.49. The summed E-state index contributed by atoms with van der Waals surface area (Å²) in [5, 5.41) is 0. The maximum Gasteiger partial charge on any atom is 0.0434 e. The SMILES string of the molecule is CCCCC1CCC(c2ccc(CC)cn2)CC1. The van der Waals surface area contributed by atoms with Gasteiger partial charge in [-0.3, -0.25) is 4.98 Å². The van der Waals surface area contributed by atoms with Crippen molar-refractivity contribution in [2.75, 3.05) is 0 Å². The van der Waals surface area contributed by atoms with E-state index in [0.29, 0.717) is 0 Å². The van der Waals surface area contributed by atoms with Crippen LogP contribution in [-0.2, 0) is 6.42 Å². The van der Waals surface area contributed by atoms with Gasteiger partial charge in [0.15, 0.2) is 0 Å². The fraction of sp³-hybridized carbons (Fsp3) is 0.706. The van der Waals surface area contributed by atoms with Gasteiger partial charge < -0.3 is 0 Å². The molecule has 0 atom stereocenters. The Hall–Kier alpha value is -0.850. The molecule has 1 aliphatic rings. The highest BCUT2D eigenvalue weighted by Crippen LogP contribution is 2.36. The fourth-order valence-corrected chi connectivity index (χ4v) is 3.13. The second kappa shape index (κ2) is 6.92. The Morgan fingerprint density at radius 1 is 1.11 bits per heavy atom. The molecule has 0 saturated heterocycles. The van der Waals surface area contributed by atoms with Crippen LogP contribution in [0.25, 0.3) is 0 Å². The predicted molar refractivity (Wildman–Crippen MR) is 77.8 cm³/mol. The van der Waals surface area contributed by atoms with E-state index >= 15 is 0 Å². The van der Waals surface area contributed by atoms with Gasteiger partial charge in [0.25, 0.3) is 0 Å². The Kier molecular flexibility index (Phi) is 5.22. The van der Waals surface area contributed by atoms with E-state index in [1.165, 1.54) is 56.2 Å². The van der Waals surface area contributed by atoms with Crippen molar-refractivity contribution in [3.63, 3.8) is 0 Å². The van der Waals surface area contributed by atoms with Crippen LogP contribution in [0.5, 0.6) is 0 Å². The molecule has 0 aliphatic heterocycles. The molecular weight excluding hydrogens is 218 g/mol. The summed E-state index contributed by atoms with van der Waals surface area (Å²) < 4.78 is 0. The topological polar surface area (TPSA) is 12.9 Å². The van der Waals surface area contributed by atoms with E-state index < -0.39 is 0 Å². The lowest BCUT2D eigenvalue weighted by atomic mass is 9.78. The normalized spacial score (nSPS) is 24.1. The van der Waals surface area contributed by atoms with Gasteiger partial charge in [-0.25, -0.2) is 0 Å². The van der Waals surface area contributed by atoms with Crippen molar-refractivity contribution in [3.8, 4) is 0 Å². The molecule has 0 spiro atoms. The van der Waals surface area contributed by atoms with E-state index in [2.05, 4.69) is 37.2 Å². The number of pyridine rings is 1. The van der Waals surface area contributed by atoms with Crippen molar-refractivity contribution in [2.24, 2.45) is 5.92 Å². The highest BCUT2D eigenvalue weighted by Gasteiger charge is 2.22. The van der Waals surface area contributed by atoms with Gasteiger partial charge >= 0.3 is 0 Å². The number of nitrogens with zero attached hydrogens (tertiary/aromatic N) is 1. The van der Waals surface area contributed by atoms with Gasteiger partial charge in [-0.2, -0.15) is 0 Å². The zero-order valence-electron chi connectivity index (χ0n) is 12.0. The summed E-state index contributed by atoms with van der Waals surface area (Å²) in [5.41, 5.74) is 2.69. The van der Waals surface area contributed by atoms with E-state index in [0.717, 1.165) is 18.3 Å². The van der Waals surface area contributed by atoms with Crippen LogP contribution in [0.1, 0.15) is 76.0 Å². The first-order chi connectivity index (χ1) is 8.83. The van der Waals surface area contributed by atoms with E-state index in [4.69, 9.17) is 0 Å². The molecule has 0 amide bonds. The van der Waals surface area contributed by atoms with Crippen LogP contribution in [0.2, 0.25) is 0 Å². The number of hydrogen-bond donors (Lipinski definition) is 0. The molecular formula is C17H27N. The first-order valence-electron chi connectivity index (χ1n) is 7.78. The summed E-state index contributed by atoms with van der Waals surface area (Å²) in [4.78, 5) is 4.66. The van der Waals surface area contributed by atoms with Gasteiger partial charge in [-0.1, -0.05) is 39.2 Å². The lowest BCUT2D eigenvalue weighted by Crippen LogP contribution is -2.14. The third-order valence-corrected chi connectivity index (χ3v) is 4.49. The van der Waals surface area contributed by atoms with Crippen molar-refractivity contribution >= 4 is 0 Å². The first-order valence-corrected chi connectivity index (χ1v) is 7.78. The maximum atomic E-state index is 4.66. The summed E-state index contributed by atoms with van der Waals surface area (Å²) in [6.07, 6.45) is 12.9. The first kappa shape index (κ1) is 13.6. The molecule has 1 fully saturated rings. The predicted octanol–water partition coefficient (Wildman–Crippen LogP) is 5.11. The molecule has 2 rings (SSSR count). The second-order valence-corrected chi connectivity index (χ2v) is 5.80. The smallest absolute Gasteiger partial charge is 0.0434 e. The zero-order chi connectivity index (χ0) is 12.8. The minimum atomic E-state index is 0.730. The molecule has 100 valence electrons. The van der Waals surface area contributed by atoms with Crippen LogP contribution in [0, 0.1) is 5.92 Å². The summed E-state index contributed by atoms with van der Waals surface area (Å²) in [5.74, 6) is 1.73. The lowest BCUT2D eigenvalue weighted by molar-refractivity contribution is 0.301. The minimum absolute atomic E-state index is 0.730. The van der Waals surface area contributed by atoms with Crippen molar-refractivity contribution in [1.29, 1.82) is 0 Å². The number of unbranched alkanes of at least 4 members (excludes halogenated alkanes) is 1. The molecule has 1 heterocycles. The summed E-state index contributed by atoms with van der Waals surface area (Å²) in [6, 6.07) is 4.52. The van der Waals surface area contributed by atoms with E-state index in [-0.39, 0.29) is 0 Å². The lowest BCUT2D eigenvalue weighted by Gasteiger charge is -2.28. The van der Waals surface area contributed by atoms with Crippen molar-refractivity contribution in [2.45, 2.75) is 71.1 Å². The van der Waals surface area contributed by atoms with Gasteiger partial charge in [0.1, 0.15) is 0 Å². The van der Waals surface area contributed by atoms with Crippen LogP contribution < -0.4 is 0 Å². The molecule has 0 unspecified atom stereocenters. The average molecular weight is 245 g/mol. The van der Waals surface area contributed by atoms with Crippen LogP contribution in [-0.4, -0.2) is 4.98 Å². The Labute approximate surface area is 112 Å². The molecule has 0 N–H and O–H groups in total. The van der Waals surface area contributed by atoms with Gasteiger partial charge in [0.2, 0.25) is 0 Å². The highest BCUT2D eigenvalue weighted by molar-refractivity contribution is 5.17. The van der Waals surface area contributed by atoms with Gasteiger partial charge in [-0.15, -0.1) is 0 Å². The molecule has 0 radical (unpaired) electrons. The number of hydrogen-bond acceptors (Lipinski definition) is 1. The van der Waals surface area contributed by atoms with Crippen molar-refractivity contribution in [1.82, 2.24) is 4.98 Å². The second-order valence-electron chi connectivity index (χ2n) is 5.80. The quantitative estimate of drug-likeness (QED) is 0.702. The molecule has 1 aliphatic carbocycles. The molecule has 1 nitrogen and oxygen atoms in total. The fourth-order valence-electron chi connectivity index (χ4n) is 3.13. The summed E-state index contributed by atoms with van der Waals surface area (Å²) >= 11 is 0. The van der Waals surface area contributed by atoms with Gasteiger partial charge in [0.05, 0.1) is 0 Å². The Morgan fingerprint density at radius 2 is 1.89 bits per heavy atom. The highest BCUT2D eigenvalue weighted by atomic mass is 14.7. The molecule has 1 heteroatoms. The monoisotopic (exact) mass is 245 g/mol. The van der Waals surface area contributed by atoms with Crippen LogP contribution in [0.4, 0.5) is 0 Å². The molecule has 18 heavy (non-hydrogen) atoms. The third kappa shape index (κ3) is 3.57. The number of aryl methyl sites for hydroxylation is 1. The van der Waals surface area contributed by atoms with Crippen LogP contribution in [0.15, 0.2) is 18.3 Å². The summed E-state index contributed by atoms with van der Waals surface area (Å²) in [7, 11) is 0. The van der Waals surface area contributed by atoms with E-state index in [9.17, 15) is 0 Å². The Balaban J connectivity index is 1.84.